The Kier molecular flexibility index (Phi) is 5.04. The van der Waals surface area contributed by atoms with Crippen molar-refractivity contribution >= 4 is 11.1 Å². The van der Waals surface area contributed by atoms with Crippen LogP contribution in [0.3, 0.4) is 0 Å². The van der Waals surface area contributed by atoms with Crippen LogP contribution in [-0.2, 0) is 11.1 Å². The van der Waals surface area contributed by atoms with Crippen LogP contribution in [0.2, 0.25) is 0 Å². The van der Waals surface area contributed by atoms with Crippen LogP contribution in [0.25, 0.3) is 0 Å². The number of hydrogen-bond acceptors (Lipinski definition) is 3. The Balaban J connectivity index is 0.00000121. The molecule has 0 saturated carbocycles. The van der Waals surface area contributed by atoms with Gasteiger partial charge >= 0.3 is 29.6 Å². The first-order valence-corrected chi connectivity index (χ1v) is 4.07. The normalized spacial score (nSPS) is 11.8. The fourth-order valence-corrected chi connectivity index (χ4v) is 1.28. The van der Waals surface area contributed by atoms with E-state index < -0.39 is 11.1 Å². The fourth-order valence-electron chi connectivity index (χ4n) is 0.755. The van der Waals surface area contributed by atoms with E-state index in [2.05, 4.69) is 0 Å². The van der Waals surface area contributed by atoms with E-state index in [0.29, 0.717) is 0 Å². The van der Waals surface area contributed by atoms with Crippen molar-refractivity contribution in [3.63, 3.8) is 0 Å². The molecule has 0 aliphatic heterocycles. The number of benzene rings is 1. The first-order chi connectivity index (χ1) is 5.11. The molecule has 1 N–H and O–H groups in total. The Morgan fingerprint density at radius 1 is 1.50 bits per heavy atom. The van der Waals surface area contributed by atoms with Crippen molar-refractivity contribution in [1.82, 2.24) is 0 Å². The number of rotatable bonds is 1. The Labute approximate surface area is 95.4 Å². The molecule has 0 radical (unpaired) electrons. The maximum Gasteiger partial charge on any atom is 1.00 e. The second kappa shape index (κ2) is 4.99. The Morgan fingerprint density at radius 2 is 2.08 bits per heavy atom. The zero-order valence-electron chi connectivity index (χ0n) is 6.90. The molecule has 0 spiro atoms. The molecule has 5 heteroatoms. The summed E-state index contributed by atoms with van der Waals surface area (Å²) in [5.74, 6) is -0.205. The third-order valence-corrected chi connectivity index (χ3v) is 1.98. The molecule has 1 aromatic carbocycles. The molecular weight excluding hydrogens is 187 g/mol. The van der Waals surface area contributed by atoms with Gasteiger partial charge in [-0.15, -0.1) is 0 Å². The van der Waals surface area contributed by atoms with Crippen LogP contribution in [0.15, 0.2) is 23.1 Å². The average molecular weight is 194 g/mol. The summed E-state index contributed by atoms with van der Waals surface area (Å²) in [7, 11) is 0. The number of phenolic OH excluding ortho intramolecular Hbond substituents is 1. The van der Waals surface area contributed by atoms with Crippen molar-refractivity contribution in [2.24, 2.45) is 0 Å². The summed E-state index contributed by atoms with van der Waals surface area (Å²) in [5, 5.41) is 9.01. The number of hydrogen-bond donors (Lipinski definition) is 1. The van der Waals surface area contributed by atoms with Gasteiger partial charge in [-0.1, -0.05) is 6.07 Å². The molecule has 0 aromatic heterocycles. The van der Waals surface area contributed by atoms with Gasteiger partial charge in [0.1, 0.15) is 5.75 Å². The molecule has 1 atom stereocenters. The minimum Gasteiger partial charge on any atom is -0.768 e. The number of aromatic hydroxyl groups is 1. The molecule has 12 heavy (non-hydrogen) atoms. The third-order valence-electron chi connectivity index (χ3n) is 1.29. The zero-order valence-corrected chi connectivity index (χ0v) is 9.72. The first kappa shape index (κ1) is 12.1. The third kappa shape index (κ3) is 2.88. The number of phenols is 1. The van der Waals surface area contributed by atoms with Crippen LogP contribution in [0, 0.1) is 6.92 Å². The molecule has 0 heterocycles. The van der Waals surface area contributed by atoms with Gasteiger partial charge in [0.25, 0.3) is 0 Å². The molecule has 1 unspecified atom stereocenters. The maximum absolute atomic E-state index is 10.4. The average Bonchev–Trinajstić information content (AvgIpc) is 1.94. The fraction of sp³-hybridized carbons (Fsp3) is 0.143. The van der Waals surface area contributed by atoms with E-state index in [0.717, 1.165) is 5.56 Å². The predicted octanol–water partition coefficient (Wildman–Crippen LogP) is -2.06. The molecule has 0 amide bonds. The molecular formula is C7H7NaO3S. The van der Waals surface area contributed by atoms with Crippen molar-refractivity contribution in [2.75, 3.05) is 0 Å². The quantitative estimate of drug-likeness (QED) is 0.413. The van der Waals surface area contributed by atoms with E-state index in [1.807, 2.05) is 0 Å². The molecule has 60 valence electrons. The smallest absolute Gasteiger partial charge is 0.768 e. The second-order valence-electron chi connectivity index (χ2n) is 2.21. The van der Waals surface area contributed by atoms with Gasteiger partial charge in [0.2, 0.25) is 0 Å². The van der Waals surface area contributed by atoms with Crippen molar-refractivity contribution in [3.8, 4) is 5.75 Å². The summed E-state index contributed by atoms with van der Waals surface area (Å²) >= 11 is -2.35. The standard InChI is InChI=1S/C7H8O3S.Na/c1-5-2-3-6(8)7(4-5)11(9)10;/h2-4,8H,1H3,(H,9,10);/q;+1/p-1. The predicted molar refractivity (Wildman–Crippen MR) is 40.0 cm³/mol. The molecule has 0 aliphatic carbocycles. The van der Waals surface area contributed by atoms with E-state index in [4.69, 9.17) is 5.11 Å². The van der Waals surface area contributed by atoms with Crippen molar-refractivity contribution < 1.29 is 43.4 Å². The Morgan fingerprint density at radius 3 is 2.50 bits per heavy atom. The van der Waals surface area contributed by atoms with Crippen molar-refractivity contribution in [3.05, 3.63) is 23.8 Å². The van der Waals surface area contributed by atoms with Crippen LogP contribution in [0.1, 0.15) is 5.56 Å². The zero-order chi connectivity index (χ0) is 8.43. The van der Waals surface area contributed by atoms with E-state index in [9.17, 15) is 8.76 Å². The topological polar surface area (TPSA) is 60.4 Å². The summed E-state index contributed by atoms with van der Waals surface area (Å²) in [6, 6.07) is 4.42. The molecule has 0 aliphatic rings. The van der Waals surface area contributed by atoms with Crippen LogP contribution in [0.5, 0.6) is 5.75 Å². The summed E-state index contributed by atoms with van der Waals surface area (Å²) in [4.78, 5) is -0.0509. The SMILES string of the molecule is Cc1ccc(O)c(S(=O)[O-])c1.[Na+]. The van der Waals surface area contributed by atoms with E-state index >= 15 is 0 Å². The Bertz CT molecular complexity index is 301. The van der Waals surface area contributed by atoms with E-state index in [1.54, 1.807) is 13.0 Å². The van der Waals surface area contributed by atoms with Crippen LogP contribution >= 0.6 is 0 Å². The minimum atomic E-state index is -2.35. The second-order valence-corrected chi connectivity index (χ2v) is 3.12. The Hall–Kier alpha value is 0.130. The molecule has 0 saturated heterocycles. The van der Waals surface area contributed by atoms with Gasteiger partial charge in [0.05, 0.1) is 4.90 Å². The van der Waals surface area contributed by atoms with Gasteiger partial charge < -0.3 is 9.66 Å². The van der Waals surface area contributed by atoms with E-state index in [-0.39, 0.29) is 40.2 Å². The maximum atomic E-state index is 10.4. The van der Waals surface area contributed by atoms with Gasteiger partial charge in [0, 0.05) is 0 Å². The van der Waals surface area contributed by atoms with Crippen molar-refractivity contribution in [1.29, 1.82) is 0 Å². The van der Waals surface area contributed by atoms with Crippen molar-refractivity contribution in [2.45, 2.75) is 11.8 Å². The van der Waals surface area contributed by atoms with Gasteiger partial charge in [-0.05, 0) is 35.7 Å². The van der Waals surface area contributed by atoms with Crippen LogP contribution in [-0.4, -0.2) is 13.9 Å². The summed E-state index contributed by atoms with van der Waals surface area (Å²) in [5.41, 5.74) is 0.807. The minimum absolute atomic E-state index is 0. The largest absolute Gasteiger partial charge is 1.00 e. The molecule has 1 aromatic rings. The first-order valence-electron chi connectivity index (χ1n) is 3.00. The summed E-state index contributed by atoms with van der Waals surface area (Å²) in [6.07, 6.45) is 0. The monoisotopic (exact) mass is 194 g/mol. The van der Waals surface area contributed by atoms with Gasteiger partial charge in [-0.25, -0.2) is 0 Å². The van der Waals surface area contributed by atoms with Gasteiger partial charge in [0.15, 0.2) is 0 Å². The molecule has 1 rings (SSSR count). The molecule has 0 fully saturated rings. The molecule has 3 nitrogen and oxygen atoms in total. The summed E-state index contributed by atoms with van der Waals surface area (Å²) in [6.45, 7) is 1.76. The number of aryl methyl sites for hydroxylation is 1. The van der Waals surface area contributed by atoms with Crippen LogP contribution < -0.4 is 29.6 Å². The van der Waals surface area contributed by atoms with E-state index in [1.165, 1.54) is 12.1 Å². The van der Waals surface area contributed by atoms with Gasteiger partial charge in [-0.2, -0.15) is 0 Å². The molecule has 0 bridgehead atoms. The van der Waals surface area contributed by atoms with Gasteiger partial charge in [-0.3, -0.25) is 4.21 Å². The van der Waals surface area contributed by atoms with Crippen LogP contribution in [0.4, 0.5) is 0 Å². The summed E-state index contributed by atoms with van der Waals surface area (Å²) < 4.78 is 20.8.